The van der Waals surface area contributed by atoms with E-state index in [1.165, 1.54) is 0 Å². The first-order valence-corrected chi connectivity index (χ1v) is 5.62. The molecule has 5 heteroatoms. The summed E-state index contributed by atoms with van der Waals surface area (Å²) in [4.78, 5) is 18.2. The summed E-state index contributed by atoms with van der Waals surface area (Å²) >= 11 is 0. The van der Waals surface area contributed by atoms with Gasteiger partial charge in [0, 0.05) is 11.3 Å². The third-order valence-electron chi connectivity index (χ3n) is 2.68. The third-order valence-corrected chi connectivity index (χ3v) is 2.68. The van der Waals surface area contributed by atoms with E-state index in [1.54, 1.807) is 7.11 Å². The van der Waals surface area contributed by atoms with E-state index < -0.39 is 5.97 Å². The van der Waals surface area contributed by atoms with E-state index >= 15 is 0 Å². The predicted molar refractivity (Wildman–Crippen MR) is 66.9 cm³/mol. The Labute approximate surface area is 104 Å². The highest BCUT2D eigenvalue weighted by Gasteiger charge is 2.16. The molecule has 0 saturated carbocycles. The van der Waals surface area contributed by atoms with E-state index in [4.69, 9.17) is 9.84 Å². The molecule has 0 aliphatic carbocycles. The van der Waals surface area contributed by atoms with Crippen molar-refractivity contribution in [3.8, 4) is 17.1 Å². The quantitative estimate of drug-likeness (QED) is 0.868. The van der Waals surface area contributed by atoms with Gasteiger partial charge in [-0.25, -0.2) is 9.78 Å². The van der Waals surface area contributed by atoms with Crippen LogP contribution in [-0.4, -0.2) is 28.2 Å². The zero-order chi connectivity index (χ0) is 13.1. The number of imidazole rings is 1. The third kappa shape index (κ3) is 2.20. The van der Waals surface area contributed by atoms with Crippen LogP contribution in [0.5, 0.6) is 5.75 Å². The van der Waals surface area contributed by atoms with Gasteiger partial charge >= 0.3 is 5.97 Å². The van der Waals surface area contributed by atoms with Gasteiger partial charge in [0.25, 0.3) is 0 Å². The Balaban J connectivity index is 2.47. The van der Waals surface area contributed by atoms with E-state index in [-0.39, 0.29) is 5.69 Å². The molecule has 1 heterocycles. The van der Waals surface area contributed by atoms with Crippen molar-refractivity contribution in [1.29, 1.82) is 0 Å². The number of carboxylic acids is 1. The standard InChI is InChI=1S/C13H14N2O3/c1-3-10-11(13(16)17)15-12(14-10)8-5-4-6-9(7-8)18-2/h4-7H,3H2,1-2H3,(H,14,15)(H,16,17). The molecule has 94 valence electrons. The number of aryl methyl sites for hydroxylation is 1. The average molecular weight is 246 g/mol. The van der Waals surface area contributed by atoms with Crippen LogP contribution < -0.4 is 4.74 Å². The number of hydrogen-bond donors (Lipinski definition) is 2. The van der Waals surface area contributed by atoms with Gasteiger partial charge in [-0.1, -0.05) is 19.1 Å². The fraction of sp³-hybridized carbons (Fsp3) is 0.231. The van der Waals surface area contributed by atoms with E-state index in [0.717, 1.165) is 5.56 Å². The number of rotatable bonds is 4. The highest BCUT2D eigenvalue weighted by atomic mass is 16.5. The van der Waals surface area contributed by atoms with E-state index in [0.29, 0.717) is 23.7 Å². The maximum absolute atomic E-state index is 11.0. The van der Waals surface area contributed by atoms with Crippen LogP contribution in [0.1, 0.15) is 23.1 Å². The summed E-state index contributed by atoms with van der Waals surface area (Å²) in [7, 11) is 1.58. The zero-order valence-electron chi connectivity index (χ0n) is 10.2. The summed E-state index contributed by atoms with van der Waals surface area (Å²) in [6.45, 7) is 1.88. The van der Waals surface area contributed by atoms with Crippen molar-refractivity contribution in [1.82, 2.24) is 9.97 Å². The van der Waals surface area contributed by atoms with Crippen molar-refractivity contribution >= 4 is 5.97 Å². The first-order valence-electron chi connectivity index (χ1n) is 5.62. The number of H-pyrrole nitrogens is 1. The minimum atomic E-state index is -1.02. The number of aromatic amines is 1. The fourth-order valence-electron chi connectivity index (χ4n) is 1.75. The van der Waals surface area contributed by atoms with E-state index in [1.807, 2.05) is 31.2 Å². The number of carboxylic acid groups (broad SMARTS) is 1. The van der Waals surface area contributed by atoms with Crippen LogP contribution in [0.3, 0.4) is 0 Å². The molecule has 1 aromatic heterocycles. The number of ether oxygens (including phenoxy) is 1. The number of nitrogens with zero attached hydrogens (tertiary/aromatic N) is 1. The van der Waals surface area contributed by atoms with Crippen LogP contribution in [0.4, 0.5) is 0 Å². The minimum absolute atomic E-state index is 0.0790. The summed E-state index contributed by atoms with van der Waals surface area (Å²) in [5.41, 5.74) is 1.51. The van der Waals surface area contributed by atoms with Crippen LogP contribution in [0.2, 0.25) is 0 Å². The van der Waals surface area contributed by atoms with Gasteiger partial charge in [-0.15, -0.1) is 0 Å². The molecule has 0 bridgehead atoms. The fourth-order valence-corrected chi connectivity index (χ4v) is 1.75. The smallest absolute Gasteiger partial charge is 0.356 e. The van der Waals surface area contributed by atoms with Gasteiger partial charge in [0.2, 0.25) is 0 Å². The lowest BCUT2D eigenvalue weighted by molar-refractivity contribution is 0.0690. The van der Waals surface area contributed by atoms with Gasteiger partial charge < -0.3 is 14.8 Å². The molecule has 0 spiro atoms. The number of methoxy groups -OCH3 is 1. The number of carbonyl (C=O) groups is 1. The normalized spacial score (nSPS) is 10.3. The van der Waals surface area contributed by atoms with E-state index in [2.05, 4.69) is 9.97 Å². The second-order valence-corrected chi connectivity index (χ2v) is 3.80. The highest BCUT2D eigenvalue weighted by molar-refractivity contribution is 5.87. The molecule has 5 nitrogen and oxygen atoms in total. The second-order valence-electron chi connectivity index (χ2n) is 3.80. The van der Waals surface area contributed by atoms with Crippen molar-refractivity contribution in [2.45, 2.75) is 13.3 Å². The number of aromatic carboxylic acids is 1. The molecule has 1 aromatic carbocycles. The molecular formula is C13H14N2O3. The van der Waals surface area contributed by atoms with Crippen LogP contribution in [0.25, 0.3) is 11.4 Å². The van der Waals surface area contributed by atoms with Gasteiger partial charge in [0.05, 0.1) is 7.11 Å². The largest absolute Gasteiger partial charge is 0.497 e. The lowest BCUT2D eigenvalue weighted by Gasteiger charge is -2.01. The predicted octanol–water partition coefficient (Wildman–Crippen LogP) is 2.35. The highest BCUT2D eigenvalue weighted by Crippen LogP contribution is 2.22. The van der Waals surface area contributed by atoms with Gasteiger partial charge in [0.1, 0.15) is 11.6 Å². The Morgan fingerprint density at radius 2 is 2.28 bits per heavy atom. The van der Waals surface area contributed by atoms with Crippen LogP contribution in [0.15, 0.2) is 24.3 Å². The van der Waals surface area contributed by atoms with Crippen molar-refractivity contribution in [3.05, 3.63) is 35.7 Å². The Morgan fingerprint density at radius 1 is 1.50 bits per heavy atom. The average Bonchev–Trinajstić information content (AvgIpc) is 2.83. The second kappa shape index (κ2) is 4.91. The lowest BCUT2D eigenvalue weighted by Crippen LogP contribution is -2.00. The van der Waals surface area contributed by atoms with Crippen LogP contribution in [-0.2, 0) is 6.42 Å². The Morgan fingerprint density at radius 3 is 2.83 bits per heavy atom. The van der Waals surface area contributed by atoms with Gasteiger partial charge in [-0.05, 0) is 18.6 Å². The Kier molecular flexibility index (Phi) is 3.32. The molecule has 0 radical (unpaired) electrons. The van der Waals surface area contributed by atoms with Gasteiger partial charge in [-0.3, -0.25) is 0 Å². The Bertz CT molecular complexity index is 575. The van der Waals surface area contributed by atoms with Gasteiger partial charge in [-0.2, -0.15) is 0 Å². The molecular weight excluding hydrogens is 232 g/mol. The number of aromatic nitrogens is 2. The molecule has 0 saturated heterocycles. The topological polar surface area (TPSA) is 75.2 Å². The maximum atomic E-state index is 11.0. The number of benzene rings is 1. The van der Waals surface area contributed by atoms with E-state index in [9.17, 15) is 4.79 Å². The summed E-state index contributed by atoms with van der Waals surface area (Å²) < 4.78 is 5.13. The molecule has 0 atom stereocenters. The number of hydrogen-bond acceptors (Lipinski definition) is 3. The molecule has 2 N–H and O–H groups in total. The molecule has 0 fully saturated rings. The first-order chi connectivity index (χ1) is 8.65. The molecule has 0 amide bonds. The first kappa shape index (κ1) is 12.2. The zero-order valence-corrected chi connectivity index (χ0v) is 10.2. The van der Waals surface area contributed by atoms with Crippen LogP contribution in [0, 0.1) is 0 Å². The molecule has 18 heavy (non-hydrogen) atoms. The summed E-state index contributed by atoms with van der Waals surface area (Å²) in [5, 5.41) is 9.05. The summed E-state index contributed by atoms with van der Waals surface area (Å²) in [6, 6.07) is 7.32. The maximum Gasteiger partial charge on any atom is 0.356 e. The van der Waals surface area contributed by atoms with Crippen molar-refractivity contribution < 1.29 is 14.6 Å². The van der Waals surface area contributed by atoms with Gasteiger partial charge in [0.15, 0.2) is 5.69 Å². The van der Waals surface area contributed by atoms with Crippen molar-refractivity contribution in [2.75, 3.05) is 7.11 Å². The number of nitrogens with one attached hydrogen (secondary N) is 1. The summed E-state index contributed by atoms with van der Waals surface area (Å²) in [5.74, 6) is 0.235. The van der Waals surface area contributed by atoms with Crippen molar-refractivity contribution in [3.63, 3.8) is 0 Å². The molecule has 2 rings (SSSR count). The Hall–Kier alpha value is -2.30. The SMILES string of the molecule is CCc1[nH]c(-c2cccc(OC)c2)nc1C(=O)O. The minimum Gasteiger partial charge on any atom is -0.497 e. The van der Waals surface area contributed by atoms with Crippen LogP contribution >= 0.6 is 0 Å². The van der Waals surface area contributed by atoms with Crippen molar-refractivity contribution in [2.24, 2.45) is 0 Å². The summed E-state index contributed by atoms with van der Waals surface area (Å²) in [6.07, 6.45) is 0.596. The lowest BCUT2D eigenvalue weighted by atomic mass is 10.2. The monoisotopic (exact) mass is 246 g/mol. The molecule has 0 unspecified atom stereocenters. The molecule has 0 aliphatic heterocycles. The molecule has 0 aliphatic rings. The molecule has 2 aromatic rings.